The number of aryl methyl sites for hydroxylation is 2. The third kappa shape index (κ3) is 6.14. The molecule has 1 aliphatic rings. The van der Waals surface area contributed by atoms with Crippen molar-refractivity contribution < 1.29 is 36.5 Å². The zero-order valence-corrected chi connectivity index (χ0v) is 18.3. The fourth-order valence-corrected chi connectivity index (χ4v) is 3.81. The second kappa shape index (κ2) is 10.5. The highest BCUT2D eigenvalue weighted by molar-refractivity contribution is 5.84. The standard InChI is InChI=1S/C26H24F4O4/c1-2-13-31-22-15-32-25(33-16-22)20-9-12-23-19(14-20)8-7-18(24(23)27)6-3-17-4-10-21(11-5-17)34-26(28,29)30/h2,4-5,7-12,14,22,25H,1,3,6,13,15-16H2. The molecule has 4 nitrogen and oxygen atoms in total. The number of rotatable bonds is 8. The number of ether oxygens (including phenoxy) is 4. The third-order valence-electron chi connectivity index (χ3n) is 5.49. The van der Waals surface area contributed by atoms with Gasteiger partial charge < -0.3 is 18.9 Å². The number of halogens is 4. The molecule has 1 aliphatic heterocycles. The molecule has 1 heterocycles. The highest BCUT2D eigenvalue weighted by Crippen LogP contribution is 2.30. The van der Waals surface area contributed by atoms with E-state index < -0.39 is 12.7 Å². The Hall–Kier alpha value is -2.94. The van der Waals surface area contributed by atoms with E-state index in [9.17, 15) is 13.2 Å². The molecule has 1 saturated heterocycles. The van der Waals surface area contributed by atoms with Crippen molar-refractivity contribution in [2.24, 2.45) is 0 Å². The minimum atomic E-state index is -4.73. The summed E-state index contributed by atoms with van der Waals surface area (Å²) in [4.78, 5) is 0. The van der Waals surface area contributed by atoms with E-state index >= 15 is 4.39 Å². The van der Waals surface area contributed by atoms with E-state index in [-0.39, 0.29) is 17.7 Å². The highest BCUT2D eigenvalue weighted by Gasteiger charge is 2.31. The molecule has 0 saturated carbocycles. The fourth-order valence-electron chi connectivity index (χ4n) is 3.81. The van der Waals surface area contributed by atoms with Crippen molar-refractivity contribution in [3.05, 3.63) is 89.8 Å². The van der Waals surface area contributed by atoms with Gasteiger partial charge in [-0.25, -0.2) is 4.39 Å². The van der Waals surface area contributed by atoms with Gasteiger partial charge >= 0.3 is 6.36 Å². The lowest BCUT2D eigenvalue weighted by atomic mass is 9.99. The number of alkyl halides is 3. The van der Waals surface area contributed by atoms with Crippen molar-refractivity contribution in [1.29, 1.82) is 0 Å². The molecule has 0 N–H and O–H groups in total. The van der Waals surface area contributed by atoms with E-state index in [1.165, 1.54) is 12.1 Å². The fraction of sp³-hybridized carbons (Fsp3) is 0.308. The van der Waals surface area contributed by atoms with Gasteiger partial charge in [0.15, 0.2) is 6.29 Å². The van der Waals surface area contributed by atoms with E-state index in [4.69, 9.17) is 14.2 Å². The Morgan fingerprint density at radius 2 is 1.71 bits per heavy atom. The van der Waals surface area contributed by atoms with Crippen LogP contribution in [0.3, 0.4) is 0 Å². The molecular weight excluding hydrogens is 452 g/mol. The Kier molecular flexibility index (Phi) is 7.50. The zero-order valence-electron chi connectivity index (χ0n) is 18.3. The molecule has 3 aromatic rings. The summed E-state index contributed by atoms with van der Waals surface area (Å²) < 4.78 is 72.9. The molecule has 0 aromatic heterocycles. The van der Waals surface area contributed by atoms with E-state index in [2.05, 4.69) is 11.3 Å². The van der Waals surface area contributed by atoms with Gasteiger partial charge in [-0.05, 0) is 47.6 Å². The molecule has 0 radical (unpaired) electrons. The van der Waals surface area contributed by atoms with Crippen LogP contribution in [0.25, 0.3) is 10.8 Å². The lowest BCUT2D eigenvalue weighted by molar-refractivity contribution is -0.274. The lowest BCUT2D eigenvalue weighted by Crippen LogP contribution is -2.33. The van der Waals surface area contributed by atoms with Crippen LogP contribution in [0, 0.1) is 5.82 Å². The minimum absolute atomic E-state index is 0.150. The highest BCUT2D eigenvalue weighted by atomic mass is 19.4. The van der Waals surface area contributed by atoms with Crippen LogP contribution in [-0.4, -0.2) is 32.3 Å². The van der Waals surface area contributed by atoms with Gasteiger partial charge in [-0.15, -0.1) is 19.8 Å². The molecule has 0 aliphatic carbocycles. The third-order valence-corrected chi connectivity index (χ3v) is 5.49. The van der Waals surface area contributed by atoms with Crippen LogP contribution in [0.2, 0.25) is 0 Å². The first-order valence-corrected chi connectivity index (χ1v) is 10.8. The lowest BCUT2D eigenvalue weighted by Gasteiger charge is -2.29. The average Bonchev–Trinajstić information content (AvgIpc) is 2.82. The van der Waals surface area contributed by atoms with Crippen molar-refractivity contribution in [2.45, 2.75) is 31.6 Å². The number of hydrogen-bond acceptors (Lipinski definition) is 4. The predicted octanol–water partition coefficient (Wildman–Crippen LogP) is 6.28. The van der Waals surface area contributed by atoms with Crippen LogP contribution >= 0.6 is 0 Å². The molecule has 1 fully saturated rings. The minimum Gasteiger partial charge on any atom is -0.406 e. The summed E-state index contributed by atoms with van der Waals surface area (Å²) in [6.45, 7) is 4.83. The summed E-state index contributed by atoms with van der Waals surface area (Å²) in [7, 11) is 0. The van der Waals surface area contributed by atoms with Crippen molar-refractivity contribution in [3.8, 4) is 5.75 Å². The maximum Gasteiger partial charge on any atom is 0.573 e. The quantitative estimate of drug-likeness (QED) is 0.283. The van der Waals surface area contributed by atoms with Crippen molar-refractivity contribution in [3.63, 3.8) is 0 Å². The number of benzene rings is 3. The zero-order chi connectivity index (χ0) is 24.1. The van der Waals surface area contributed by atoms with E-state index in [1.807, 2.05) is 12.1 Å². The number of hydrogen-bond donors (Lipinski definition) is 0. The molecule has 4 rings (SSSR count). The molecule has 180 valence electrons. The Bertz CT molecular complexity index is 1120. The first-order valence-electron chi connectivity index (χ1n) is 10.8. The molecular formula is C26H24F4O4. The molecule has 3 aromatic carbocycles. The Morgan fingerprint density at radius 3 is 2.38 bits per heavy atom. The van der Waals surface area contributed by atoms with Crippen molar-refractivity contribution in [1.82, 2.24) is 0 Å². The van der Waals surface area contributed by atoms with Gasteiger partial charge in [-0.2, -0.15) is 0 Å². The Labute approximate surface area is 194 Å². The van der Waals surface area contributed by atoms with Gasteiger partial charge in [0.25, 0.3) is 0 Å². The molecule has 0 atom stereocenters. The summed E-state index contributed by atoms with van der Waals surface area (Å²) in [5.74, 6) is -0.598. The van der Waals surface area contributed by atoms with E-state index in [1.54, 1.807) is 36.4 Å². The van der Waals surface area contributed by atoms with E-state index in [0.717, 1.165) is 16.5 Å². The van der Waals surface area contributed by atoms with Gasteiger partial charge in [0.05, 0.1) is 19.8 Å². The molecule has 8 heteroatoms. The summed E-state index contributed by atoms with van der Waals surface area (Å²) in [6.07, 6.45) is -2.87. The maximum atomic E-state index is 15.1. The SMILES string of the molecule is C=CCOC1COC(c2ccc3c(F)c(CCc4ccc(OC(F)(F)F)cc4)ccc3c2)OC1. The molecule has 0 unspecified atom stereocenters. The monoisotopic (exact) mass is 476 g/mol. The Morgan fingerprint density at radius 1 is 0.971 bits per heavy atom. The summed E-state index contributed by atoms with van der Waals surface area (Å²) in [5.41, 5.74) is 2.11. The topological polar surface area (TPSA) is 36.9 Å². The summed E-state index contributed by atoms with van der Waals surface area (Å²) in [5, 5.41) is 1.21. The van der Waals surface area contributed by atoms with Crippen LogP contribution in [0.15, 0.2) is 67.3 Å². The van der Waals surface area contributed by atoms with Crippen LogP contribution in [-0.2, 0) is 27.1 Å². The van der Waals surface area contributed by atoms with Gasteiger partial charge in [0, 0.05) is 10.9 Å². The molecule has 0 spiro atoms. The van der Waals surface area contributed by atoms with Gasteiger partial charge in [0.1, 0.15) is 17.7 Å². The molecule has 34 heavy (non-hydrogen) atoms. The first kappa shape index (κ1) is 24.2. The maximum absolute atomic E-state index is 15.1. The summed E-state index contributed by atoms with van der Waals surface area (Å²) >= 11 is 0. The molecule has 0 bridgehead atoms. The molecule has 0 amide bonds. The van der Waals surface area contributed by atoms with Gasteiger partial charge in [-0.1, -0.05) is 42.5 Å². The predicted molar refractivity (Wildman–Crippen MR) is 119 cm³/mol. The first-order chi connectivity index (χ1) is 16.3. The average molecular weight is 476 g/mol. The van der Waals surface area contributed by atoms with Crippen LogP contribution in [0.4, 0.5) is 17.6 Å². The van der Waals surface area contributed by atoms with Crippen molar-refractivity contribution >= 4 is 10.8 Å². The van der Waals surface area contributed by atoms with Crippen LogP contribution in [0.1, 0.15) is 23.0 Å². The largest absolute Gasteiger partial charge is 0.573 e. The van der Waals surface area contributed by atoms with Crippen LogP contribution in [0.5, 0.6) is 5.75 Å². The van der Waals surface area contributed by atoms with Gasteiger partial charge in [-0.3, -0.25) is 0 Å². The normalized spacial score (nSPS) is 18.7. The second-order valence-corrected chi connectivity index (χ2v) is 7.95. The second-order valence-electron chi connectivity index (χ2n) is 7.95. The summed E-state index contributed by atoms with van der Waals surface area (Å²) in [6, 6.07) is 14.5. The van der Waals surface area contributed by atoms with Crippen LogP contribution < -0.4 is 4.74 Å². The van der Waals surface area contributed by atoms with Crippen molar-refractivity contribution in [2.75, 3.05) is 19.8 Å². The Balaban J connectivity index is 1.40. The van der Waals surface area contributed by atoms with E-state index in [0.29, 0.717) is 43.6 Å². The number of fused-ring (bicyclic) bond motifs is 1. The van der Waals surface area contributed by atoms with Gasteiger partial charge in [0.2, 0.25) is 0 Å². The smallest absolute Gasteiger partial charge is 0.406 e.